The topological polar surface area (TPSA) is 86.7 Å². The fourth-order valence-electron chi connectivity index (χ4n) is 5.13. The summed E-state index contributed by atoms with van der Waals surface area (Å²) in [6.45, 7) is 4.15. The van der Waals surface area contributed by atoms with Crippen molar-refractivity contribution in [2.45, 2.75) is 43.4 Å². The SMILES string of the molecule is COC(=O)C1(C(=O)OC)CC2=Cc3ccccc3C(C)(C)CC2=C(S(=O)(=O)c2ccccc2)C1. The number of esters is 2. The first-order valence-corrected chi connectivity index (χ1v) is 12.5. The summed E-state index contributed by atoms with van der Waals surface area (Å²) in [5, 5.41) is 0. The summed E-state index contributed by atoms with van der Waals surface area (Å²) >= 11 is 0. The molecule has 4 rings (SSSR count). The van der Waals surface area contributed by atoms with Crippen molar-refractivity contribution >= 4 is 27.9 Å². The van der Waals surface area contributed by atoms with Crippen LogP contribution in [0.3, 0.4) is 0 Å². The zero-order chi connectivity index (χ0) is 24.7. The van der Waals surface area contributed by atoms with Crippen molar-refractivity contribution in [2.75, 3.05) is 14.2 Å². The number of ether oxygens (including phenoxy) is 2. The summed E-state index contributed by atoms with van der Waals surface area (Å²) < 4.78 is 38.0. The summed E-state index contributed by atoms with van der Waals surface area (Å²) in [5.41, 5.74) is 1.11. The van der Waals surface area contributed by atoms with Crippen LogP contribution in [0.2, 0.25) is 0 Å². The summed E-state index contributed by atoms with van der Waals surface area (Å²) in [6, 6.07) is 16.0. The largest absolute Gasteiger partial charge is 0.468 e. The van der Waals surface area contributed by atoms with E-state index in [2.05, 4.69) is 13.8 Å². The Morgan fingerprint density at radius 2 is 1.41 bits per heavy atom. The number of allylic oxidation sites excluding steroid dienone is 3. The molecule has 2 aromatic rings. The summed E-state index contributed by atoms with van der Waals surface area (Å²) in [6.07, 6.45) is 2.03. The Morgan fingerprint density at radius 3 is 2.03 bits per heavy atom. The lowest BCUT2D eigenvalue weighted by atomic mass is 9.69. The van der Waals surface area contributed by atoms with Crippen LogP contribution in [0.25, 0.3) is 6.08 Å². The number of sulfone groups is 1. The van der Waals surface area contributed by atoms with E-state index >= 15 is 0 Å². The molecule has 6 nitrogen and oxygen atoms in total. The van der Waals surface area contributed by atoms with Crippen molar-refractivity contribution in [2.24, 2.45) is 5.41 Å². The lowest BCUT2D eigenvalue weighted by molar-refractivity contribution is -0.169. The van der Waals surface area contributed by atoms with Crippen molar-refractivity contribution in [1.82, 2.24) is 0 Å². The second kappa shape index (κ2) is 8.55. The Labute approximate surface area is 200 Å². The van der Waals surface area contributed by atoms with Crippen molar-refractivity contribution in [3.05, 3.63) is 81.8 Å². The number of fused-ring (bicyclic) bond motifs is 2. The molecule has 2 aromatic carbocycles. The molecule has 0 atom stereocenters. The molecule has 0 N–H and O–H groups in total. The fourth-order valence-corrected chi connectivity index (χ4v) is 6.89. The minimum Gasteiger partial charge on any atom is -0.468 e. The first-order chi connectivity index (χ1) is 16.1. The monoisotopic (exact) mass is 480 g/mol. The predicted molar refractivity (Wildman–Crippen MR) is 128 cm³/mol. The number of methoxy groups -OCH3 is 2. The van der Waals surface area contributed by atoms with Crippen LogP contribution in [0.15, 0.2) is 75.5 Å². The van der Waals surface area contributed by atoms with Gasteiger partial charge in [0.1, 0.15) is 0 Å². The molecule has 0 aliphatic heterocycles. The minimum atomic E-state index is -4.02. The lowest BCUT2D eigenvalue weighted by Gasteiger charge is -2.37. The molecule has 0 bridgehead atoms. The zero-order valence-electron chi connectivity index (χ0n) is 19.8. The molecular formula is C27H28O6S. The van der Waals surface area contributed by atoms with Crippen molar-refractivity contribution in [3.8, 4) is 0 Å². The van der Waals surface area contributed by atoms with Gasteiger partial charge in [-0.3, -0.25) is 9.59 Å². The molecule has 178 valence electrons. The predicted octanol–water partition coefficient (Wildman–Crippen LogP) is 4.61. The second-order valence-corrected chi connectivity index (χ2v) is 11.4. The molecule has 0 saturated heterocycles. The number of hydrogen-bond acceptors (Lipinski definition) is 6. The Morgan fingerprint density at radius 1 is 0.824 bits per heavy atom. The third-order valence-corrected chi connectivity index (χ3v) is 8.78. The quantitative estimate of drug-likeness (QED) is 0.469. The van der Waals surface area contributed by atoms with E-state index in [4.69, 9.17) is 9.47 Å². The number of carbonyl (C=O) groups is 2. The van der Waals surface area contributed by atoms with Gasteiger partial charge in [0.25, 0.3) is 0 Å². The van der Waals surface area contributed by atoms with Crippen LogP contribution in [0.5, 0.6) is 0 Å². The molecule has 0 radical (unpaired) electrons. The average molecular weight is 481 g/mol. The van der Waals surface area contributed by atoms with Gasteiger partial charge in [0.05, 0.1) is 24.0 Å². The molecule has 34 heavy (non-hydrogen) atoms. The number of hydrogen-bond donors (Lipinski definition) is 0. The van der Waals surface area contributed by atoms with Gasteiger partial charge in [-0.2, -0.15) is 0 Å². The van der Waals surface area contributed by atoms with Crippen LogP contribution in [0.1, 0.15) is 44.2 Å². The smallest absolute Gasteiger partial charge is 0.323 e. The highest BCUT2D eigenvalue weighted by molar-refractivity contribution is 7.95. The Hall–Kier alpha value is -3.19. The van der Waals surface area contributed by atoms with Gasteiger partial charge in [-0.15, -0.1) is 0 Å². The minimum absolute atomic E-state index is 0.0000953. The van der Waals surface area contributed by atoms with Gasteiger partial charge in [-0.1, -0.05) is 62.4 Å². The van der Waals surface area contributed by atoms with Gasteiger partial charge in [0, 0.05) is 6.42 Å². The van der Waals surface area contributed by atoms with Gasteiger partial charge in [0.15, 0.2) is 5.41 Å². The normalized spacial score (nSPS) is 18.6. The molecule has 0 heterocycles. The zero-order valence-corrected chi connectivity index (χ0v) is 20.6. The van der Waals surface area contributed by atoms with Crippen molar-refractivity contribution < 1.29 is 27.5 Å². The van der Waals surface area contributed by atoms with E-state index in [1.807, 2.05) is 30.3 Å². The van der Waals surface area contributed by atoms with Crippen LogP contribution < -0.4 is 0 Å². The third kappa shape index (κ3) is 3.78. The number of rotatable bonds is 4. The molecule has 0 fully saturated rings. The van der Waals surface area contributed by atoms with Crippen LogP contribution >= 0.6 is 0 Å². The first kappa shape index (κ1) is 24.0. The Bertz CT molecular complexity index is 1300. The highest BCUT2D eigenvalue weighted by Crippen LogP contribution is 2.52. The van der Waals surface area contributed by atoms with Crippen LogP contribution in [-0.4, -0.2) is 34.6 Å². The maximum absolute atomic E-state index is 14.0. The molecular weight excluding hydrogens is 452 g/mol. The van der Waals surface area contributed by atoms with Gasteiger partial charge in [0.2, 0.25) is 9.84 Å². The van der Waals surface area contributed by atoms with E-state index < -0.39 is 27.2 Å². The van der Waals surface area contributed by atoms with Gasteiger partial charge >= 0.3 is 11.9 Å². The maximum Gasteiger partial charge on any atom is 0.323 e. The molecule has 2 aliphatic rings. The molecule has 0 aromatic heterocycles. The van der Waals surface area contributed by atoms with Crippen LogP contribution in [-0.2, 0) is 34.3 Å². The van der Waals surface area contributed by atoms with Crippen LogP contribution in [0.4, 0.5) is 0 Å². The standard InChI is InChI=1S/C27H28O6S/c1-26(2)16-21-19(14-18-10-8-9-13-22(18)26)15-27(24(28)32-3,25(29)33-4)17-23(21)34(30,31)20-11-6-5-7-12-20/h5-14H,15-17H2,1-4H3. The van der Waals surface area contributed by atoms with E-state index in [-0.39, 0.29) is 28.1 Å². The van der Waals surface area contributed by atoms with E-state index in [0.717, 1.165) is 11.1 Å². The Kier molecular flexibility index (Phi) is 6.02. The lowest BCUT2D eigenvalue weighted by Crippen LogP contribution is -2.45. The van der Waals surface area contributed by atoms with Gasteiger partial charge < -0.3 is 9.47 Å². The van der Waals surface area contributed by atoms with Gasteiger partial charge in [-0.25, -0.2) is 8.42 Å². The molecule has 0 amide bonds. The molecule has 0 unspecified atom stereocenters. The fraction of sp³-hybridized carbons (Fsp3) is 0.333. The third-order valence-electron chi connectivity index (χ3n) is 6.85. The molecule has 0 spiro atoms. The maximum atomic E-state index is 14.0. The first-order valence-electron chi connectivity index (χ1n) is 11.1. The van der Waals surface area contributed by atoms with E-state index in [9.17, 15) is 18.0 Å². The summed E-state index contributed by atoms with van der Waals surface area (Å²) in [7, 11) is -1.63. The van der Waals surface area contributed by atoms with E-state index in [1.54, 1.807) is 18.2 Å². The average Bonchev–Trinajstić information content (AvgIpc) is 2.95. The van der Waals surface area contributed by atoms with Gasteiger partial charge in [-0.05, 0) is 52.7 Å². The second-order valence-electron chi connectivity index (χ2n) is 9.45. The van der Waals surface area contributed by atoms with Crippen molar-refractivity contribution in [1.29, 1.82) is 0 Å². The number of carbonyl (C=O) groups excluding carboxylic acids is 2. The van der Waals surface area contributed by atoms with Crippen molar-refractivity contribution in [3.63, 3.8) is 0 Å². The summed E-state index contributed by atoms with van der Waals surface area (Å²) in [4.78, 5) is 26.3. The highest BCUT2D eigenvalue weighted by atomic mass is 32.2. The highest BCUT2D eigenvalue weighted by Gasteiger charge is 2.55. The molecule has 2 aliphatic carbocycles. The molecule has 7 heteroatoms. The Balaban J connectivity index is 2.06. The van der Waals surface area contributed by atoms with E-state index in [0.29, 0.717) is 17.6 Å². The number of benzene rings is 2. The summed E-state index contributed by atoms with van der Waals surface area (Å²) in [5.74, 6) is -1.62. The van der Waals surface area contributed by atoms with E-state index in [1.165, 1.54) is 26.4 Å². The van der Waals surface area contributed by atoms with Crippen LogP contribution in [0, 0.1) is 5.41 Å². The molecule has 0 saturated carbocycles.